The molecular formula is C18H20N4O3S2. The van der Waals surface area contributed by atoms with E-state index >= 15 is 0 Å². The molecule has 0 bridgehead atoms. The average molecular weight is 405 g/mol. The number of nitrogens with one attached hydrogen (secondary N) is 1. The number of benzene rings is 1. The first-order valence-electron chi connectivity index (χ1n) is 8.63. The lowest BCUT2D eigenvalue weighted by Crippen LogP contribution is -2.37. The highest BCUT2D eigenvalue weighted by Gasteiger charge is 2.49. The van der Waals surface area contributed by atoms with Crippen LogP contribution in [0.25, 0.3) is 0 Å². The first kappa shape index (κ1) is 19.5. The minimum Gasteiger partial charge on any atom is -0.351 e. The van der Waals surface area contributed by atoms with Crippen LogP contribution in [0.1, 0.15) is 13.3 Å². The van der Waals surface area contributed by atoms with Crippen LogP contribution in [0.4, 0.5) is 5.69 Å². The lowest BCUT2D eigenvalue weighted by atomic mass is 10.2. The molecule has 2 saturated heterocycles. The van der Waals surface area contributed by atoms with Crippen LogP contribution in [-0.2, 0) is 14.6 Å². The Balaban J connectivity index is 1.92. The smallest absolute Gasteiger partial charge is 0.263 e. The summed E-state index contributed by atoms with van der Waals surface area (Å²) in [4.78, 5) is 18.3. The van der Waals surface area contributed by atoms with Gasteiger partial charge in [0.25, 0.3) is 5.91 Å². The number of fused-ring (bicyclic) bond motifs is 1. The number of carbonyl (C=O) groups is 1. The van der Waals surface area contributed by atoms with Crippen molar-refractivity contribution in [2.75, 3.05) is 23.0 Å². The van der Waals surface area contributed by atoms with Gasteiger partial charge in [-0.15, -0.1) is 0 Å². The first-order chi connectivity index (χ1) is 12.9. The topological polar surface area (TPSA) is 103 Å². The van der Waals surface area contributed by atoms with Crippen molar-refractivity contribution in [3.05, 3.63) is 42.1 Å². The van der Waals surface area contributed by atoms with Crippen molar-refractivity contribution in [3.63, 3.8) is 0 Å². The molecule has 0 aliphatic carbocycles. The summed E-state index contributed by atoms with van der Waals surface area (Å²) in [6, 6.07) is 11.1. The summed E-state index contributed by atoms with van der Waals surface area (Å²) in [6.45, 7) is 2.41. The number of para-hydroxylation sites is 1. The van der Waals surface area contributed by atoms with Gasteiger partial charge in [-0.05, 0) is 18.6 Å². The Labute approximate surface area is 163 Å². The minimum atomic E-state index is -3.08. The van der Waals surface area contributed by atoms with Crippen LogP contribution in [0.3, 0.4) is 0 Å². The molecule has 1 aromatic rings. The molecule has 2 heterocycles. The number of carbonyl (C=O) groups excluding carboxylic acids is 1. The standard InChI is InChI=1S/C18H20N4O3S2/c1-2-8-20-17(23)13(9-19)10-21-18-22(14-6-4-3-5-7-14)15-11-27(24,25)12-16(15)26-18/h3-7,10,15-16H,2,8,11-12H2,1H3,(H,20,23). The third-order valence-electron chi connectivity index (χ3n) is 4.31. The summed E-state index contributed by atoms with van der Waals surface area (Å²) in [5, 5.41) is 12.4. The SMILES string of the molecule is CCCNC(=O)C(C#N)=CN=C1SC2CS(=O)(=O)CC2N1c1ccccc1. The van der Waals surface area contributed by atoms with Gasteiger partial charge >= 0.3 is 0 Å². The fraction of sp³-hybridized carbons (Fsp3) is 0.389. The highest BCUT2D eigenvalue weighted by Crippen LogP contribution is 2.40. The molecule has 0 aromatic heterocycles. The molecule has 2 unspecified atom stereocenters. The van der Waals surface area contributed by atoms with Gasteiger partial charge in [0, 0.05) is 17.5 Å². The summed E-state index contributed by atoms with van der Waals surface area (Å²) >= 11 is 1.38. The predicted octanol–water partition coefficient (Wildman–Crippen LogP) is 1.70. The summed E-state index contributed by atoms with van der Waals surface area (Å²) < 4.78 is 24.1. The monoisotopic (exact) mass is 404 g/mol. The molecule has 2 atom stereocenters. The second-order valence-electron chi connectivity index (χ2n) is 6.33. The Morgan fingerprint density at radius 3 is 2.81 bits per heavy atom. The number of hydrogen-bond donors (Lipinski definition) is 1. The first-order valence-corrected chi connectivity index (χ1v) is 11.3. The molecule has 0 radical (unpaired) electrons. The van der Waals surface area contributed by atoms with Crippen LogP contribution >= 0.6 is 11.8 Å². The van der Waals surface area contributed by atoms with Crippen LogP contribution < -0.4 is 10.2 Å². The third-order valence-corrected chi connectivity index (χ3v) is 7.53. The van der Waals surface area contributed by atoms with Crippen LogP contribution in [0.5, 0.6) is 0 Å². The normalized spacial score (nSPS) is 25.3. The number of amidine groups is 1. The predicted molar refractivity (Wildman–Crippen MR) is 107 cm³/mol. The van der Waals surface area contributed by atoms with Gasteiger partial charge in [-0.2, -0.15) is 5.26 Å². The second kappa shape index (κ2) is 8.15. The number of sulfone groups is 1. The van der Waals surface area contributed by atoms with E-state index in [1.54, 1.807) is 0 Å². The lowest BCUT2D eigenvalue weighted by Gasteiger charge is -2.24. The number of rotatable bonds is 5. The van der Waals surface area contributed by atoms with Crippen molar-refractivity contribution in [3.8, 4) is 6.07 Å². The second-order valence-corrected chi connectivity index (χ2v) is 9.69. The Bertz CT molecular complexity index is 920. The fourth-order valence-electron chi connectivity index (χ4n) is 3.06. The Kier molecular flexibility index (Phi) is 5.87. The molecule has 27 heavy (non-hydrogen) atoms. The van der Waals surface area contributed by atoms with Crippen LogP contribution in [0.2, 0.25) is 0 Å². The number of nitriles is 1. The Hall–Kier alpha value is -2.31. The summed E-state index contributed by atoms with van der Waals surface area (Å²) in [6.07, 6.45) is 2.03. The number of nitrogens with zero attached hydrogens (tertiary/aromatic N) is 3. The highest BCUT2D eigenvalue weighted by atomic mass is 32.2. The van der Waals surface area contributed by atoms with Crippen molar-refractivity contribution in [1.29, 1.82) is 5.26 Å². The minimum absolute atomic E-state index is 0.0738. The number of thioether (sulfide) groups is 1. The molecule has 1 N–H and O–H groups in total. The van der Waals surface area contributed by atoms with E-state index in [9.17, 15) is 18.5 Å². The molecule has 3 rings (SSSR count). The van der Waals surface area contributed by atoms with E-state index in [1.165, 1.54) is 18.0 Å². The zero-order chi connectivity index (χ0) is 19.4. The van der Waals surface area contributed by atoms with Gasteiger partial charge in [-0.1, -0.05) is 36.9 Å². The van der Waals surface area contributed by atoms with Crippen molar-refractivity contribution >= 4 is 38.4 Å². The highest BCUT2D eigenvalue weighted by molar-refractivity contribution is 8.16. The average Bonchev–Trinajstić information content (AvgIpc) is 3.12. The van der Waals surface area contributed by atoms with Crippen LogP contribution in [0.15, 0.2) is 47.1 Å². The quantitative estimate of drug-likeness (QED) is 0.592. The molecule has 2 aliphatic heterocycles. The van der Waals surface area contributed by atoms with E-state index in [1.807, 2.05) is 48.2 Å². The number of aliphatic imine (C=N–C) groups is 1. The maximum atomic E-state index is 12.0. The van der Waals surface area contributed by atoms with Gasteiger partial charge in [-0.3, -0.25) is 4.79 Å². The van der Waals surface area contributed by atoms with Crippen molar-refractivity contribution in [2.45, 2.75) is 24.6 Å². The van der Waals surface area contributed by atoms with Crippen molar-refractivity contribution < 1.29 is 13.2 Å². The lowest BCUT2D eigenvalue weighted by molar-refractivity contribution is -0.117. The van der Waals surface area contributed by atoms with E-state index in [0.717, 1.165) is 12.1 Å². The number of anilines is 1. The van der Waals surface area contributed by atoms with E-state index in [2.05, 4.69) is 10.3 Å². The largest absolute Gasteiger partial charge is 0.351 e. The van der Waals surface area contributed by atoms with E-state index < -0.39 is 15.7 Å². The van der Waals surface area contributed by atoms with Crippen molar-refractivity contribution in [2.24, 2.45) is 4.99 Å². The third kappa shape index (κ3) is 4.34. The Morgan fingerprint density at radius 2 is 2.15 bits per heavy atom. The maximum Gasteiger partial charge on any atom is 0.263 e. The van der Waals surface area contributed by atoms with Gasteiger partial charge in [0.2, 0.25) is 0 Å². The summed E-state index contributed by atoms with van der Waals surface area (Å²) in [5.74, 6) is -0.276. The van der Waals surface area contributed by atoms with Crippen molar-refractivity contribution in [1.82, 2.24) is 5.32 Å². The molecule has 142 valence electrons. The van der Waals surface area contributed by atoms with E-state index in [-0.39, 0.29) is 28.4 Å². The van der Waals surface area contributed by atoms with E-state index in [0.29, 0.717) is 11.7 Å². The van der Waals surface area contributed by atoms with E-state index in [4.69, 9.17) is 0 Å². The zero-order valence-corrected chi connectivity index (χ0v) is 16.5. The fourth-order valence-corrected chi connectivity index (χ4v) is 6.95. The summed E-state index contributed by atoms with van der Waals surface area (Å²) in [7, 11) is -3.08. The molecule has 7 nitrogen and oxygen atoms in total. The molecule has 0 spiro atoms. The molecule has 9 heteroatoms. The van der Waals surface area contributed by atoms with Gasteiger partial charge < -0.3 is 10.2 Å². The van der Waals surface area contributed by atoms with Gasteiger partial charge in [-0.25, -0.2) is 13.4 Å². The molecule has 2 fully saturated rings. The van der Waals surface area contributed by atoms with Crippen LogP contribution in [0, 0.1) is 11.3 Å². The molecule has 2 aliphatic rings. The van der Waals surface area contributed by atoms with Gasteiger partial charge in [0.15, 0.2) is 15.0 Å². The van der Waals surface area contributed by atoms with Gasteiger partial charge in [0.05, 0.1) is 23.7 Å². The summed E-state index contributed by atoms with van der Waals surface area (Å²) in [5.41, 5.74) is 0.768. The number of amides is 1. The number of hydrogen-bond acceptors (Lipinski definition) is 6. The molecule has 1 amide bonds. The molecule has 0 saturated carbocycles. The molecule has 1 aromatic carbocycles. The maximum absolute atomic E-state index is 12.0. The zero-order valence-electron chi connectivity index (χ0n) is 14.8. The molecular weight excluding hydrogens is 384 g/mol. The van der Waals surface area contributed by atoms with Crippen LogP contribution in [-0.4, -0.2) is 48.8 Å². The Morgan fingerprint density at radius 1 is 1.41 bits per heavy atom. The van der Waals surface area contributed by atoms with Gasteiger partial charge in [0.1, 0.15) is 11.6 Å².